The standard InChI is InChI=1S/C24H21N3O4S/c1-14-7-8-16(11-15(14)2)20(28)9-10-21(29)26-24-25-12-17(32-24)13-27-22(30)18-5-3-4-6-19(18)23(27)31/h3-8,11-12H,9-10,13H2,1-2H3,(H,25,26,29). The molecule has 7 nitrogen and oxygen atoms in total. The van der Waals surface area contributed by atoms with Crippen molar-refractivity contribution in [1.82, 2.24) is 9.88 Å². The number of benzene rings is 2. The maximum Gasteiger partial charge on any atom is 0.261 e. The SMILES string of the molecule is Cc1ccc(C(=O)CCC(=O)Nc2ncc(CN3C(=O)c4ccccc4C3=O)s2)cc1C. The number of hydrogen-bond acceptors (Lipinski definition) is 6. The van der Waals surface area contributed by atoms with Gasteiger partial charge in [-0.2, -0.15) is 0 Å². The molecule has 0 saturated heterocycles. The van der Waals surface area contributed by atoms with Crippen molar-refractivity contribution >= 4 is 40.0 Å². The van der Waals surface area contributed by atoms with Gasteiger partial charge in [-0.25, -0.2) is 4.98 Å². The fraction of sp³-hybridized carbons (Fsp3) is 0.208. The van der Waals surface area contributed by atoms with Crippen LogP contribution in [0.25, 0.3) is 0 Å². The lowest BCUT2D eigenvalue weighted by molar-refractivity contribution is -0.116. The van der Waals surface area contributed by atoms with Crippen LogP contribution in [0.4, 0.5) is 5.13 Å². The van der Waals surface area contributed by atoms with Crippen LogP contribution in [0.3, 0.4) is 0 Å². The van der Waals surface area contributed by atoms with Crippen molar-refractivity contribution in [3.8, 4) is 0 Å². The Morgan fingerprint density at radius 2 is 1.66 bits per heavy atom. The molecule has 1 aromatic heterocycles. The Bertz CT molecular complexity index is 1210. The number of Topliss-reactive ketones (excluding diaryl/α,β-unsaturated/α-hetero) is 1. The minimum Gasteiger partial charge on any atom is -0.302 e. The maximum atomic E-state index is 12.5. The first-order chi connectivity index (χ1) is 15.3. The second-order valence-electron chi connectivity index (χ2n) is 7.64. The van der Waals surface area contributed by atoms with Crippen LogP contribution in [0.2, 0.25) is 0 Å². The number of nitrogens with zero attached hydrogens (tertiary/aromatic N) is 2. The van der Waals surface area contributed by atoms with Gasteiger partial charge in [0.2, 0.25) is 5.91 Å². The quantitative estimate of drug-likeness (QED) is 0.433. The number of imide groups is 1. The third-order valence-corrected chi connectivity index (χ3v) is 6.30. The summed E-state index contributed by atoms with van der Waals surface area (Å²) in [5.74, 6) is -1.08. The van der Waals surface area contributed by atoms with Gasteiger partial charge in [0, 0.05) is 29.5 Å². The van der Waals surface area contributed by atoms with Crippen LogP contribution in [-0.2, 0) is 11.3 Å². The van der Waals surface area contributed by atoms with Gasteiger partial charge < -0.3 is 5.32 Å². The smallest absolute Gasteiger partial charge is 0.261 e. The molecule has 8 heteroatoms. The third kappa shape index (κ3) is 4.36. The average molecular weight is 448 g/mol. The van der Waals surface area contributed by atoms with E-state index in [2.05, 4.69) is 10.3 Å². The van der Waals surface area contributed by atoms with Crippen molar-refractivity contribution in [2.75, 3.05) is 5.32 Å². The van der Waals surface area contributed by atoms with Gasteiger partial charge >= 0.3 is 0 Å². The first-order valence-electron chi connectivity index (χ1n) is 10.1. The highest BCUT2D eigenvalue weighted by atomic mass is 32.1. The molecule has 1 aliphatic rings. The Balaban J connectivity index is 1.32. The summed E-state index contributed by atoms with van der Waals surface area (Å²) in [5.41, 5.74) is 3.53. The topological polar surface area (TPSA) is 96.4 Å². The number of fused-ring (bicyclic) bond motifs is 1. The second-order valence-corrected chi connectivity index (χ2v) is 8.76. The van der Waals surface area contributed by atoms with Crippen LogP contribution < -0.4 is 5.32 Å². The normalized spacial score (nSPS) is 12.8. The van der Waals surface area contributed by atoms with Crippen molar-refractivity contribution < 1.29 is 19.2 Å². The number of aryl methyl sites for hydroxylation is 2. The summed E-state index contributed by atoms with van der Waals surface area (Å²) in [5, 5.41) is 3.04. The highest BCUT2D eigenvalue weighted by Crippen LogP contribution is 2.27. The lowest BCUT2D eigenvalue weighted by Gasteiger charge is -2.11. The highest BCUT2D eigenvalue weighted by molar-refractivity contribution is 7.15. The monoisotopic (exact) mass is 447 g/mol. The number of anilines is 1. The summed E-state index contributed by atoms with van der Waals surface area (Å²) in [6, 6.07) is 12.2. The van der Waals surface area contributed by atoms with Crippen molar-refractivity contribution in [2.24, 2.45) is 0 Å². The van der Waals surface area contributed by atoms with Crippen molar-refractivity contribution in [3.63, 3.8) is 0 Å². The Labute approximate surface area is 189 Å². The average Bonchev–Trinajstić information content (AvgIpc) is 3.32. The molecule has 0 radical (unpaired) electrons. The van der Waals surface area contributed by atoms with Gasteiger partial charge in [0.05, 0.1) is 17.7 Å². The second kappa shape index (κ2) is 8.84. The number of carbonyl (C=O) groups is 4. The molecule has 0 atom stereocenters. The van der Waals surface area contributed by atoms with Gasteiger partial charge in [0.15, 0.2) is 10.9 Å². The first-order valence-corrected chi connectivity index (χ1v) is 11.0. The number of aromatic nitrogens is 1. The number of amides is 3. The fourth-order valence-corrected chi connectivity index (χ4v) is 4.26. The molecule has 2 heterocycles. The minimum atomic E-state index is -0.338. The first kappa shape index (κ1) is 21.6. The molecule has 162 valence electrons. The van der Waals surface area contributed by atoms with Crippen LogP contribution in [0, 0.1) is 13.8 Å². The van der Waals surface area contributed by atoms with Crippen molar-refractivity contribution in [2.45, 2.75) is 33.2 Å². The number of hydrogen-bond donors (Lipinski definition) is 1. The highest BCUT2D eigenvalue weighted by Gasteiger charge is 2.35. The summed E-state index contributed by atoms with van der Waals surface area (Å²) >= 11 is 1.19. The summed E-state index contributed by atoms with van der Waals surface area (Å²) in [7, 11) is 0. The number of nitrogens with one attached hydrogen (secondary N) is 1. The molecule has 2 aromatic carbocycles. The summed E-state index contributed by atoms with van der Waals surface area (Å²) in [6.07, 6.45) is 1.67. The lowest BCUT2D eigenvalue weighted by atomic mass is 10.0. The van der Waals surface area contributed by atoms with Crippen LogP contribution in [0.5, 0.6) is 0 Å². The van der Waals surface area contributed by atoms with E-state index in [1.165, 1.54) is 22.4 Å². The molecule has 0 fully saturated rings. The van der Waals surface area contributed by atoms with Crippen LogP contribution in [-0.4, -0.2) is 33.4 Å². The van der Waals surface area contributed by atoms with Gasteiger partial charge in [0.1, 0.15) is 0 Å². The Hall–Kier alpha value is -3.65. The van der Waals surface area contributed by atoms with Gasteiger partial charge in [-0.15, -0.1) is 0 Å². The van der Waals surface area contributed by atoms with E-state index in [1.54, 1.807) is 30.3 Å². The predicted molar refractivity (Wildman–Crippen MR) is 121 cm³/mol. The summed E-state index contributed by atoms with van der Waals surface area (Å²) in [6.45, 7) is 4.01. The molecule has 32 heavy (non-hydrogen) atoms. The molecular formula is C24H21N3O4S. The van der Waals surface area contributed by atoms with E-state index in [0.29, 0.717) is 26.7 Å². The molecule has 1 aliphatic heterocycles. The molecule has 0 bridgehead atoms. The van der Waals surface area contributed by atoms with Crippen LogP contribution >= 0.6 is 11.3 Å². The van der Waals surface area contributed by atoms with Crippen LogP contribution in [0.15, 0.2) is 48.7 Å². The summed E-state index contributed by atoms with van der Waals surface area (Å²) in [4.78, 5) is 55.6. The van der Waals surface area contributed by atoms with Gasteiger partial charge in [0.25, 0.3) is 11.8 Å². The molecule has 3 amide bonds. The van der Waals surface area contributed by atoms with E-state index in [-0.39, 0.29) is 42.9 Å². The molecule has 0 saturated carbocycles. The fourth-order valence-electron chi connectivity index (χ4n) is 3.44. The van der Waals surface area contributed by atoms with E-state index in [4.69, 9.17) is 0 Å². The molecule has 4 rings (SSSR count). The van der Waals surface area contributed by atoms with Gasteiger partial charge in [-0.3, -0.25) is 24.1 Å². The summed E-state index contributed by atoms with van der Waals surface area (Å²) < 4.78 is 0. The molecular weight excluding hydrogens is 426 g/mol. The number of ketones is 1. The zero-order valence-electron chi connectivity index (χ0n) is 17.7. The third-order valence-electron chi connectivity index (χ3n) is 5.40. The van der Waals surface area contributed by atoms with E-state index >= 15 is 0 Å². The van der Waals surface area contributed by atoms with Crippen molar-refractivity contribution in [3.05, 3.63) is 81.4 Å². The number of carbonyl (C=O) groups excluding carboxylic acids is 4. The van der Waals surface area contributed by atoms with Crippen LogP contribution in [0.1, 0.15) is 59.9 Å². The lowest BCUT2D eigenvalue weighted by Crippen LogP contribution is -2.28. The van der Waals surface area contributed by atoms with E-state index in [9.17, 15) is 19.2 Å². The molecule has 0 unspecified atom stereocenters. The Morgan fingerprint density at radius 3 is 2.31 bits per heavy atom. The largest absolute Gasteiger partial charge is 0.302 e. The van der Waals surface area contributed by atoms with Gasteiger partial charge in [-0.1, -0.05) is 35.6 Å². The van der Waals surface area contributed by atoms with Crippen molar-refractivity contribution in [1.29, 1.82) is 0 Å². The molecule has 0 spiro atoms. The zero-order valence-corrected chi connectivity index (χ0v) is 18.5. The number of rotatable bonds is 7. The van der Waals surface area contributed by atoms with E-state index < -0.39 is 0 Å². The molecule has 0 aliphatic carbocycles. The Morgan fingerprint density at radius 1 is 0.969 bits per heavy atom. The molecule has 1 N–H and O–H groups in total. The van der Waals surface area contributed by atoms with E-state index in [1.807, 2.05) is 26.0 Å². The maximum absolute atomic E-state index is 12.5. The predicted octanol–water partition coefficient (Wildman–Crippen LogP) is 4.16. The zero-order chi connectivity index (χ0) is 22.8. The Kier molecular flexibility index (Phi) is 5.96. The van der Waals surface area contributed by atoms with E-state index in [0.717, 1.165) is 11.1 Å². The minimum absolute atomic E-state index is 0.0408. The molecule has 3 aromatic rings. The number of thiazole rings is 1. The van der Waals surface area contributed by atoms with Gasteiger partial charge in [-0.05, 0) is 43.2 Å².